The molecule has 2 amide bonds. The Hall–Kier alpha value is -2.09. The van der Waals surface area contributed by atoms with E-state index in [1.54, 1.807) is 19.3 Å². The number of aliphatic carboxylic acids is 1. The van der Waals surface area contributed by atoms with Crippen LogP contribution in [-0.4, -0.2) is 45.1 Å². The van der Waals surface area contributed by atoms with Crippen LogP contribution in [0.5, 0.6) is 0 Å². The van der Waals surface area contributed by atoms with Gasteiger partial charge in [0.2, 0.25) is 0 Å². The van der Waals surface area contributed by atoms with Crippen LogP contribution in [0.25, 0.3) is 0 Å². The Labute approximate surface area is 97.0 Å². The molecule has 1 heterocycles. The van der Waals surface area contributed by atoms with Crippen molar-refractivity contribution in [3.8, 4) is 0 Å². The van der Waals surface area contributed by atoms with E-state index in [4.69, 9.17) is 10.2 Å². The molecular formula is C9H14N4O4. The van der Waals surface area contributed by atoms with Crippen LogP contribution in [-0.2, 0) is 4.79 Å². The number of urea groups is 1. The van der Waals surface area contributed by atoms with Crippen molar-refractivity contribution in [2.75, 3.05) is 6.61 Å². The lowest BCUT2D eigenvalue weighted by Crippen LogP contribution is -2.48. The van der Waals surface area contributed by atoms with Crippen molar-refractivity contribution in [3.63, 3.8) is 0 Å². The van der Waals surface area contributed by atoms with E-state index >= 15 is 0 Å². The van der Waals surface area contributed by atoms with Gasteiger partial charge in [-0.2, -0.15) is 5.10 Å². The minimum Gasteiger partial charge on any atom is -0.480 e. The van der Waals surface area contributed by atoms with E-state index < -0.39 is 24.6 Å². The molecule has 2 unspecified atom stereocenters. The van der Waals surface area contributed by atoms with E-state index in [1.165, 1.54) is 0 Å². The molecule has 1 aromatic heterocycles. The summed E-state index contributed by atoms with van der Waals surface area (Å²) in [6.45, 7) is 1.06. The number of carboxylic acid groups (broad SMARTS) is 1. The van der Waals surface area contributed by atoms with Crippen LogP contribution in [0.2, 0.25) is 0 Å². The third kappa shape index (κ3) is 3.76. The molecule has 0 aliphatic heterocycles. The molecule has 0 bridgehead atoms. The van der Waals surface area contributed by atoms with Gasteiger partial charge >= 0.3 is 12.0 Å². The van der Waals surface area contributed by atoms with Crippen LogP contribution < -0.4 is 10.6 Å². The number of aromatic nitrogens is 2. The van der Waals surface area contributed by atoms with Gasteiger partial charge in [0.15, 0.2) is 6.04 Å². The van der Waals surface area contributed by atoms with Crippen LogP contribution in [0.3, 0.4) is 0 Å². The van der Waals surface area contributed by atoms with E-state index in [9.17, 15) is 9.59 Å². The van der Waals surface area contributed by atoms with Crippen LogP contribution in [0, 0.1) is 0 Å². The van der Waals surface area contributed by atoms with Crippen molar-refractivity contribution in [2.24, 2.45) is 0 Å². The van der Waals surface area contributed by atoms with Gasteiger partial charge in [0.25, 0.3) is 0 Å². The van der Waals surface area contributed by atoms with Crippen molar-refractivity contribution in [3.05, 3.63) is 18.0 Å². The number of carbonyl (C=O) groups is 2. The molecule has 8 heteroatoms. The van der Waals surface area contributed by atoms with E-state index in [0.29, 0.717) is 0 Å². The largest absolute Gasteiger partial charge is 0.480 e. The van der Waals surface area contributed by atoms with E-state index in [1.807, 2.05) is 0 Å². The van der Waals surface area contributed by atoms with Gasteiger partial charge in [-0.05, 0) is 6.92 Å². The molecule has 0 saturated heterocycles. The highest BCUT2D eigenvalue weighted by molar-refractivity contribution is 5.82. The normalized spacial score (nSPS) is 13.8. The Morgan fingerprint density at radius 2 is 2.24 bits per heavy atom. The van der Waals surface area contributed by atoms with Gasteiger partial charge in [0.05, 0.1) is 18.8 Å². The first-order valence-corrected chi connectivity index (χ1v) is 4.94. The molecule has 0 fully saturated rings. The number of carbonyl (C=O) groups excluding carboxylic acids is 1. The Bertz CT molecular complexity index is 378. The number of carboxylic acids is 1. The highest BCUT2D eigenvalue weighted by atomic mass is 16.4. The summed E-state index contributed by atoms with van der Waals surface area (Å²) in [5, 5.41) is 28.3. The van der Waals surface area contributed by atoms with Gasteiger partial charge in [-0.1, -0.05) is 0 Å². The van der Waals surface area contributed by atoms with Gasteiger partial charge in [0.1, 0.15) is 0 Å². The molecule has 0 aliphatic carbocycles. The second kappa shape index (κ2) is 5.85. The standard InChI is InChI=1S/C9H14N4O4/c1-5(6-2-10-11-3-6)12-9(17)13-7(4-14)8(15)16/h2-3,5,7,14H,4H2,1H3,(H,10,11)(H,15,16)(H2,12,13,17). The summed E-state index contributed by atoms with van der Waals surface area (Å²) >= 11 is 0. The minimum absolute atomic E-state index is 0.318. The number of aromatic amines is 1. The lowest BCUT2D eigenvalue weighted by atomic mass is 10.2. The zero-order valence-electron chi connectivity index (χ0n) is 9.17. The number of nitrogens with one attached hydrogen (secondary N) is 3. The van der Waals surface area contributed by atoms with Crippen molar-refractivity contribution in [2.45, 2.75) is 19.0 Å². The van der Waals surface area contributed by atoms with Crippen molar-refractivity contribution < 1.29 is 19.8 Å². The Morgan fingerprint density at radius 1 is 1.53 bits per heavy atom. The lowest BCUT2D eigenvalue weighted by molar-refractivity contribution is -0.140. The van der Waals surface area contributed by atoms with Crippen LogP contribution >= 0.6 is 0 Å². The van der Waals surface area contributed by atoms with Crippen molar-refractivity contribution >= 4 is 12.0 Å². The zero-order chi connectivity index (χ0) is 12.8. The molecule has 0 aromatic carbocycles. The van der Waals surface area contributed by atoms with Gasteiger partial charge in [-0.3, -0.25) is 5.10 Å². The molecule has 0 saturated carbocycles. The first-order valence-electron chi connectivity index (χ1n) is 4.94. The third-order valence-electron chi connectivity index (χ3n) is 2.15. The molecular weight excluding hydrogens is 228 g/mol. The van der Waals surface area contributed by atoms with Crippen LogP contribution in [0.15, 0.2) is 12.4 Å². The first kappa shape index (κ1) is 13.0. The summed E-state index contributed by atoms with van der Waals surface area (Å²) in [4.78, 5) is 22.0. The molecule has 1 rings (SSSR count). The van der Waals surface area contributed by atoms with Crippen molar-refractivity contribution in [1.29, 1.82) is 0 Å². The summed E-state index contributed by atoms with van der Waals surface area (Å²) in [5.74, 6) is -1.29. The fraction of sp³-hybridized carbons (Fsp3) is 0.444. The third-order valence-corrected chi connectivity index (χ3v) is 2.15. The average molecular weight is 242 g/mol. The fourth-order valence-electron chi connectivity index (χ4n) is 1.16. The summed E-state index contributed by atoms with van der Waals surface area (Å²) in [7, 11) is 0. The molecule has 17 heavy (non-hydrogen) atoms. The van der Waals surface area contributed by atoms with Crippen molar-refractivity contribution in [1.82, 2.24) is 20.8 Å². The molecule has 0 spiro atoms. The highest BCUT2D eigenvalue weighted by Gasteiger charge is 2.19. The quantitative estimate of drug-likeness (QED) is 0.462. The Balaban J connectivity index is 2.47. The number of nitrogens with zero attached hydrogens (tertiary/aromatic N) is 1. The second-order valence-corrected chi connectivity index (χ2v) is 3.44. The van der Waals surface area contributed by atoms with E-state index in [2.05, 4.69) is 20.8 Å². The number of hydrogen-bond donors (Lipinski definition) is 5. The van der Waals surface area contributed by atoms with Crippen LogP contribution in [0.4, 0.5) is 4.79 Å². The van der Waals surface area contributed by atoms with Gasteiger partial charge in [-0.25, -0.2) is 9.59 Å². The van der Waals surface area contributed by atoms with Gasteiger partial charge < -0.3 is 20.8 Å². The van der Waals surface area contributed by atoms with Gasteiger partial charge in [-0.15, -0.1) is 0 Å². The summed E-state index contributed by atoms with van der Waals surface area (Å²) < 4.78 is 0. The molecule has 0 radical (unpaired) electrons. The Kier molecular flexibility index (Phi) is 4.46. The monoisotopic (exact) mass is 242 g/mol. The number of aliphatic hydroxyl groups excluding tert-OH is 1. The van der Waals surface area contributed by atoms with E-state index in [0.717, 1.165) is 5.56 Å². The van der Waals surface area contributed by atoms with Crippen LogP contribution in [0.1, 0.15) is 18.5 Å². The predicted octanol–water partition coefficient (Wildman–Crippen LogP) is -0.785. The van der Waals surface area contributed by atoms with Gasteiger partial charge in [0, 0.05) is 11.8 Å². The molecule has 1 aromatic rings. The number of aliphatic hydroxyl groups is 1. The maximum Gasteiger partial charge on any atom is 0.328 e. The smallest absolute Gasteiger partial charge is 0.328 e. The fourth-order valence-corrected chi connectivity index (χ4v) is 1.16. The average Bonchev–Trinajstić information content (AvgIpc) is 2.78. The summed E-state index contributed by atoms with van der Waals surface area (Å²) in [6, 6.07) is -2.30. The number of H-pyrrole nitrogens is 1. The molecule has 0 aliphatic rings. The second-order valence-electron chi connectivity index (χ2n) is 3.44. The maximum atomic E-state index is 11.4. The number of amides is 2. The lowest BCUT2D eigenvalue weighted by Gasteiger charge is -2.16. The number of rotatable bonds is 5. The number of hydrogen-bond acceptors (Lipinski definition) is 4. The summed E-state index contributed by atoms with van der Waals surface area (Å²) in [6.07, 6.45) is 3.16. The molecule has 5 N–H and O–H groups in total. The topological polar surface area (TPSA) is 127 Å². The Morgan fingerprint density at radius 3 is 2.71 bits per heavy atom. The molecule has 94 valence electrons. The predicted molar refractivity (Wildman–Crippen MR) is 57.2 cm³/mol. The SMILES string of the molecule is CC(NC(=O)NC(CO)C(=O)O)c1cn[nH]c1. The maximum absolute atomic E-state index is 11.4. The first-order chi connectivity index (χ1) is 8.04. The van der Waals surface area contributed by atoms with E-state index in [-0.39, 0.29) is 6.04 Å². The molecule has 8 nitrogen and oxygen atoms in total. The zero-order valence-corrected chi connectivity index (χ0v) is 9.17. The minimum atomic E-state index is -1.31. The summed E-state index contributed by atoms with van der Waals surface area (Å²) in [5.41, 5.74) is 0.760. The molecule has 2 atom stereocenters. The highest BCUT2D eigenvalue weighted by Crippen LogP contribution is 2.08.